The molecule has 2 N–H and O–H groups in total. The zero-order valence-corrected chi connectivity index (χ0v) is 14.3. The number of hydrogen-bond donors (Lipinski definition) is 2. The van der Waals surface area contributed by atoms with Crippen LogP contribution in [0.25, 0.3) is 0 Å². The highest BCUT2D eigenvalue weighted by Crippen LogP contribution is 2.24. The number of hydrogen-bond acceptors (Lipinski definition) is 4. The first kappa shape index (κ1) is 17.7. The molecule has 5 heteroatoms. The zero-order chi connectivity index (χ0) is 17.4. The average Bonchev–Trinajstić information content (AvgIpc) is 2.55. The molecule has 2 aromatic rings. The van der Waals surface area contributed by atoms with Gasteiger partial charge in [-0.2, -0.15) is 0 Å². The van der Waals surface area contributed by atoms with Crippen molar-refractivity contribution in [2.24, 2.45) is 0 Å². The molecule has 0 aliphatic carbocycles. The topological polar surface area (TPSA) is 59.6 Å². The van der Waals surface area contributed by atoms with Gasteiger partial charge in [0.25, 0.3) is 0 Å². The minimum absolute atomic E-state index is 0.0440. The molecule has 0 saturated carbocycles. The van der Waals surface area contributed by atoms with E-state index in [1.165, 1.54) is 0 Å². The van der Waals surface area contributed by atoms with Gasteiger partial charge in [0.1, 0.15) is 11.5 Å². The summed E-state index contributed by atoms with van der Waals surface area (Å²) in [5.74, 6) is 1.30. The summed E-state index contributed by atoms with van der Waals surface area (Å²) in [6.07, 6.45) is 0.0440. The molecule has 0 atom stereocenters. The molecule has 0 saturated heterocycles. The van der Waals surface area contributed by atoms with Gasteiger partial charge in [-0.15, -0.1) is 0 Å². The fourth-order valence-corrected chi connectivity index (χ4v) is 2.17. The van der Waals surface area contributed by atoms with Crippen LogP contribution in [0.1, 0.15) is 20.8 Å². The van der Waals surface area contributed by atoms with Crippen LogP contribution in [-0.2, 0) is 4.79 Å². The van der Waals surface area contributed by atoms with Crippen molar-refractivity contribution in [1.82, 2.24) is 0 Å². The fraction of sp³-hybridized carbons (Fsp3) is 0.316. The lowest BCUT2D eigenvalue weighted by Gasteiger charge is -2.15. The Morgan fingerprint density at radius 1 is 1.12 bits per heavy atom. The van der Waals surface area contributed by atoms with Crippen LogP contribution in [0.5, 0.6) is 11.5 Å². The van der Waals surface area contributed by atoms with Gasteiger partial charge >= 0.3 is 0 Å². The van der Waals surface area contributed by atoms with Gasteiger partial charge in [0.15, 0.2) is 0 Å². The van der Waals surface area contributed by atoms with E-state index in [2.05, 4.69) is 10.6 Å². The lowest BCUT2D eigenvalue weighted by atomic mass is 10.2. The molecule has 0 spiro atoms. The average molecular weight is 328 g/mol. The SMILES string of the molecule is CCOc1cccc(NCC(=O)Nc2ccccc2OC(C)C)c1. The summed E-state index contributed by atoms with van der Waals surface area (Å²) in [6.45, 7) is 6.60. The van der Waals surface area contributed by atoms with Crippen LogP contribution in [0.2, 0.25) is 0 Å². The molecule has 0 radical (unpaired) electrons. The third kappa shape index (κ3) is 5.50. The van der Waals surface area contributed by atoms with E-state index in [-0.39, 0.29) is 18.6 Å². The summed E-state index contributed by atoms with van der Waals surface area (Å²) in [5.41, 5.74) is 1.50. The first-order valence-corrected chi connectivity index (χ1v) is 8.10. The Labute approximate surface area is 143 Å². The third-order valence-corrected chi connectivity index (χ3v) is 3.12. The van der Waals surface area contributed by atoms with Crippen LogP contribution >= 0.6 is 0 Å². The Morgan fingerprint density at radius 2 is 1.92 bits per heavy atom. The van der Waals surface area contributed by atoms with Crippen molar-refractivity contribution in [3.05, 3.63) is 48.5 Å². The predicted octanol–water partition coefficient (Wildman–Crippen LogP) is 3.92. The van der Waals surface area contributed by atoms with Crippen LogP contribution in [0.3, 0.4) is 0 Å². The number of anilines is 2. The second kappa shape index (κ2) is 8.82. The molecule has 0 unspecified atom stereocenters. The third-order valence-electron chi connectivity index (χ3n) is 3.12. The smallest absolute Gasteiger partial charge is 0.243 e. The maximum atomic E-state index is 12.2. The van der Waals surface area contributed by atoms with Gasteiger partial charge in [-0.05, 0) is 45.0 Å². The largest absolute Gasteiger partial charge is 0.494 e. The van der Waals surface area contributed by atoms with Crippen LogP contribution in [0, 0.1) is 0 Å². The first-order chi connectivity index (χ1) is 11.6. The number of rotatable bonds is 8. The van der Waals surface area contributed by atoms with E-state index in [9.17, 15) is 4.79 Å². The molecule has 2 aromatic carbocycles. The number of nitrogens with one attached hydrogen (secondary N) is 2. The summed E-state index contributed by atoms with van der Waals surface area (Å²) < 4.78 is 11.1. The van der Waals surface area contributed by atoms with E-state index in [1.54, 1.807) is 0 Å². The highest BCUT2D eigenvalue weighted by molar-refractivity contribution is 5.95. The Balaban J connectivity index is 1.93. The monoisotopic (exact) mass is 328 g/mol. The molecular formula is C19H24N2O3. The zero-order valence-electron chi connectivity index (χ0n) is 14.3. The molecule has 24 heavy (non-hydrogen) atoms. The number of carbonyl (C=O) groups is 1. The van der Waals surface area contributed by atoms with E-state index >= 15 is 0 Å². The summed E-state index contributed by atoms with van der Waals surface area (Å²) >= 11 is 0. The summed E-state index contributed by atoms with van der Waals surface area (Å²) in [4.78, 5) is 12.2. The van der Waals surface area contributed by atoms with Crippen molar-refractivity contribution in [3.63, 3.8) is 0 Å². The Morgan fingerprint density at radius 3 is 2.67 bits per heavy atom. The second-order valence-electron chi connectivity index (χ2n) is 5.53. The van der Waals surface area contributed by atoms with Gasteiger partial charge < -0.3 is 20.1 Å². The standard InChI is InChI=1S/C19H24N2O3/c1-4-23-16-9-7-8-15(12-16)20-13-19(22)21-17-10-5-6-11-18(17)24-14(2)3/h5-12,14,20H,4,13H2,1-3H3,(H,21,22). The molecule has 0 aromatic heterocycles. The molecule has 0 heterocycles. The van der Waals surface area contributed by atoms with Gasteiger partial charge in [0.2, 0.25) is 5.91 Å². The summed E-state index contributed by atoms with van der Waals surface area (Å²) in [6, 6.07) is 14.9. The van der Waals surface area contributed by atoms with E-state index in [0.29, 0.717) is 18.0 Å². The number of carbonyl (C=O) groups excluding carboxylic acids is 1. The van der Waals surface area contributed by atoms with Crippen LogP contribution in [-0.4, -0.2) is 25.2 Å². The van der Waals surface area contributed by atoms with Crippen LogP contribution in [0.4, 0.5) is 11.4 Å². The van der Waals surface area contributed by atoms with Crippen LogP contribution < -0.4 is 20.1 Å². The Hall–Kier alpha value is -2.69. The lowest BCUT2D eigenvalue weighted by molar-refractivity contribution is -0.114. The van der Waals surface area contributed by atoms with E-state index in [4.69, 9.17) is 9.47 Å². The molecule has 0 bridgehead atoms. The Kier molecular flexibility index (Phi) is 6.49. The number of ether oxygens (including phenoxy) is 2. The van der Waals surface area contributed by atoms with Gasteiger partial charge in [-0.1, -0.05) is 18.2 Å². The highest BCUT2D eigenvalue weighted by atomic mass is 16.5. The number of para-hydroxylation sites is 2. The predicted molar refractivity (Wildman–Crippen MR) is 96.9 cm³/mol. The quantitative estimate of drug-likeness (QED) is 0.771. The number of benzene rings is 2. The molecular weight excluding hydrogens is 304 g/mol. The molecule has 2 rings (SSSR count). The van der Waals surface area contributed by atoms with Crippen molar-refractivity contribution in [1.29, 1.82) is 0 Å². The van der Waals surface area contributed by atoms with Gasteiger partial charge in [-0.25, -0.2) is 0 Å². The minimum atomic E-state index is -0.142. The highest BCUT2D eigenvalue weighted by Gasteiger charge is 2.08. The van der Waals surface area contributed by atoms with Gasteiger partial charge in [-0.3, -0.25) is 4.79 Å². The van der Waals surface area contributed by atoms with E-state index in [0.717, 1.165) is 11.4 Å². The summed E-state index contributed by atoms with van der Waals surface area (Å²) in [5, 5.41) is 5.96. The van der Waals surface area contributed by atoms with Crippen molar-refractivity contribution in [2.45, 2.75) is 26.9 Å². The minimum Gasteiger partial charge on any atom is -0.494 e. The molecule has 1 amide bonds. The lowest BCUT2D eigenvalue weighted by Crippen LogP contribution is -2.22. The van der Waals surface area contributed by atoms with Crippen LogP contribution in [0.15, 0.2) is 48.5 Å². The van der Waals surface area contributed by atoms with Crippen molar-refractivity contribution in [3.8, 4) is 11.5 Å². The van der Waals surface area contributed by atoms with Crippen molar-refractivity contribution < 1.29 is 14.3 Å². The molecule has 128 valence electrons. The molecule has 0 aliphatic rings. The van der Waals surface area contributed by atoms with Crippen molar-refractivity contribution in [2.75, 3.05) is 23.8 Å². The summed E-state index contributed by atoms with van der Waals surface area (Å²) in [7, 11) is 0. The van der Waals surface area contributed by atoms with E-state index < -0.39 is 0 Å². The van der Waals surface area contributed by atoms with Crippen molar-refractivity contribution >= 4 is 17.3 Å². The van der Waals surface area contributed by atoms with Gasteiger partial charge in [0, 0.05) is 11.8 Å². The first-order valence-electron chi connectivity index (χ1n) is 8.10. The van der Waals surface area contributed by atoms with E-state index in [1.807, 2.05) is 69.3 Å². The fourth-order valence-electron chi connectivity index (χ4n) is 2.17. The number of amides is 1. The second-order valence-corrected chi connectivity index (χ2v) is 5.53. The molecule has 5 nitrogen and oxygen atoms in total. The maximum Gasteiger partial charge on any atom is 0.243 e. The van der Waals surface area contributed by atoms with Gasteiger partial charge in [0.05, 0.1) is 24.9 Å². The maximum absolute atomic E-state index is 12.2. The normalized spacial score (nSPS) is 10.3. The molecule has 0 fully saturated rings. The molecule has 0 aliphatic heterocycles. The Bertz CT molecular complexity index is 671.